The van der Waals surface area contributed by atoms with E-state index in [-0.39, 0.29) is 6.54 Å². The van der Waals surface area contributed by atoms with Gasteiger partial charge in [0.05, 0.1) is 6.54 Å². The molecule has 4 N–H and O–H groups in total. The number of hydrogen-bond acceptors (Lipinski definition) is 2. The zero-order valence-corrected chi connectivity index (χ0v) is 6.33. The molecule has 0 saturated heterocycles. The number of aromatic amines is 1. The van der Waals surface area contributed by atoms with Crippen LogP contribution in [0.4, 0.5) is 0 Å². The van der Waals surface area contributed by atoms with Crippen LogP contribution in [-0.4, -0.2) is 16.8 Å². The smallest absolute Gasteiger partial charge is 0.309 e. The van der Waals surface area contributed by atoms with Crippen molar-refractivity contribution in [3.05, 3.63) is 24.0 Å². The van der Waals surface area contributed by atoms with Gasteiger partial charge in [-0.25, -0.2) is 0 Å². The molecule has 0 aromatic carbocycles. The second kappa shape index (κ2) is 3.56. The summed E-state index contributed by atoms with van der Waals surface area (Å²) in [6, 6.07) is 3.59. The summed E-state index contributed by atoms with van der Waals surface area (Å²) in [5, 5.41) is 2.34. The van der Waals surface area contributed by atoms with Gasteiger partial charge in [0.1, 0.15) is 0 Å². The first kappa shape index (κ1) is 8.32. The van der Waals surface area contributed by atoms with Gasteiger partial charge in [0.15, 0.2) is 0 Å². The predicted molar refractivity (Wildman–Crippen MR) is 41.8 cm³/mol. The Bertz CT molecular complexity index is 279. The highest BCUT2D eigenvalue weighted by Gasteiger charge is 2.06. The molecule has 1 aromatic heterocycles. The molecule has 5 heteroatoms. The molecule has 0 spiro atoms. The van der Waals surface area contributed by atoms with Gasteiger partial charge >= 0.3 is 11.8 Å². The third kappa shape index (κ3) is 2.12. The van der Waals surface area contributed by atoms with Gasteiger partial charge in [-0.15, -0.1) is 0 Å². The highest BCUT2D eigenvalue weighted by Crippen LogP contribution is 1.91. The third-order valence-corrected chi connectivity index (χ3v) is 1.33. The van der Waals surface area contributed by atoms with Crippen molar-refractivity contribution in [2.45, 2.75) is 6.54 Å². The van der Waals surface area contributed by atoms with Crippen LogP contribution < -0.4 is 11.1 Å². The maximum Gasteiger partial charge on any atom is 0.309 e. The number of hydrogen-bond donors (Lipinski definition) is 3. The van der Waals surface area contributed by atoms with E-state index in [1.807, 2.05) is 0 Å². The number of carbonyl (C=O) groups excluding carboxylic acids is 2. The quantitative estimate of drug-likeness (QED) is 0.499. The van der Waals surface area contributed by atoms with Crippen molar-refractivity contribution >= 4 is 11.8 Å². The molecule has 1 aromatic rings. The molecule has 0 unspecified atom stereocenters. The van der Waals surface area contributed by atoms with Crippen molar-refractivity contribution < 1.29 is 9.59 Å². The Morgan fingerprint density at radius 2 is 2.33 bits per heavy atom. The average Bonchev–Trinajstić information content (AvgIpc) is 2.51. The van der Waals surface area contributed by atoms with E-state index in [0.29, 0.717) is 0 Å². The molecule has 0 fully saturated rings. The molecule has 0 aliphatic rings. The van der Waals surface area contributed by atoms with Gasteiger partial charge in [-0.2, -0.15) is 0 Å². The van der Waals surface area contributed by atoms with Gasteiger partial charge in [0, 0.05) is 11.9 Å². The molecule has 0 aliphatic carbocycles. The first-order valence-corrected chi connectivity index (χ1v) is 3.40. The van der Waals surface area contributed by atoms with Crippen LogP contribution in [0.15, 0.2) is 18.3 Å². The SMILES string of the molecule is NC(=O)C(=O)NCc1ccc[nH]1. The Morgan fingerprint density at radius 3 is 2.83 bits per heavy atom. The Hall–Kier alpha value is -1.78. The fourth-order valence-corrected chi connectivity index (χ4v) is 0.740. The van der Waals surface area contributed by atoms with Crippen molar-refractivity contribution in [3.63, 3.8) is 0 Å². The van der Waals surface area contributed by atoms with E-state index in [1.165, 1.54) is 0 Å². The lowest BCUT2D eigenvalue weighted by Crippen LogP contribution is -2.35. The van der Waals surface area contributed by atoms with Gasteiger partial charge < -0.3 is 16.0 Å². The lowest BCUT2D eigenvalue weighted by Gasteiger charge is -1.98. The zero-order valence-electron chi connectivity index (χ0n) is 6.33. The molecule has 2 amide bonds. The third-order valence-electron chi connectivity index (χ3n) is 1.33. The van der Waals surface area contributed by atoms with E-state index in [1.54, 1.807) is 18.3 Å². The van der Waals surface area contributed by atoms with Crippen LogP contribution in [0.2, 0.25) is 0 Å². The van der Waals surface area contributed by atoms with Crippen LogP contribution in [0.5, 0.6) is 0 Å². The minimum Gasteiger partial charge on any atom is -0.364 e. The molecule has 12 heavy (non-hydrogen) atoms. The lowest BCUT2D eigenvalue weighted by molar-refractivity contribution is -0.137. The van der Waals surface area contributed by atoms with Crippen LogP contribution >= 0.6 is 0 Å². The van der Waals surface area contributed by atoms with Crippen molar-refractivity contribution in [1.82, 2.24) is 10.3 Å². The molecule has 0 aliphatic heterocycles. The van der Waals surface area contributed by atoms with Crippen molar-refractivity contribution in [2.75, 3.05) is 0 Å². The number of rotatable bonds is 2. The molecule has 1 rings (SSSR count). The second-order valence-electron chi connectivity index (χ2n) is 2.24. The summed E-state index contributed by atoms with van der Waals surface area (Å²) in [5.41, 5.74) is 5.54. The minimum absolute atomic E-state index is 0.286. The standard InChI is InChI=1S/C7H9N3O2/c8-6(11)7(12)10-4-5-2-1-3-9-5/h1-3,9H,4H2,(H2,8,11)(H,10,12). The molecule has 64 valence electrons. The normalized spacial score (nSPS) is 9.33. The lowest BCUT2D eigenvalue weighted by atomic mass is 10.4. The zero-order chi connectivity index (χ0) is 8.97. The summed E-state index contributed by atoms with van der Waals surface area (Å²) in [4.78, 5) is 23.8. The van der Waals surface area contributed by atoms with Gasteiger partial charge in [0.25, 0.3) is 0 Å². The Balaban J connectivity index is 2.37. The van der Waals surface area contributed by atoms with Crippen LogP contribution in [0.3, 0.4) is 0 Å². The van der Waals surface area contributed by atoms with E-state index in [2.05, 4.69) is 10.3 Å². The Labute approximate surface area is 68.9 Å². The summed E-state index contributed by atoms with van der Waals surface area (Å²) < 4.78 is 0. The molecule has 5 nitrogen and oxygen atoms in total. The highest BCUT2D eigenvalue weighted by molar-refractivity contribution is 6.34. The average molecular weight is 167 g/mol. The Kier molecular flexibility index (Phi) is 2.47. The minimum atomic E-state index is -0.971. The van der Waals surface area contributed by atoms with Gasteiger partial charge in [-0.05, 0) is 12.1 Å². The van der Waals surface area contributed by atoms with E-state index in [9.17, 15) is 9.59 Å². The number of aromatic nitrogens is 1. The number of H-pyrrole nitrogens is 1. The number of amides is 2. The van der Waals surface area contributed by atoms with Crippen molar-refractivity contribution in [3.8, 4) is 0 Å². The van der Waals surface area contributed by atoms with Crippen LogP contribution in [0, 0.1) is 0 Å². The predicted octanol–water partition coefficient (Wildman–Crippen LogP) is -0.884. The summed E-state index contributed by atoms with van der Waals surface area (Å²) in [6.07, 6.45) is 1.73. The molecule has 0 saturated carbocycles. The first-order valence-electron chi connectivity index (χ1n) is 3.40. The largest absolute Gasteiger partial charge is 0.364 e. The number of carbonyl (C=O) groups is 2. The molecule has 0 atom stereocenters. The van der Waals surface area contributed by atoms with E-state index in [4.69, 9.17) is 5.73 Å². The second-order valence-corrected chi connectivity index (χ2v) is 2.24. The van der Waals surface area contributed by atoms with Crippen LogP contribution in [0.25, 0.3) is 0 Å². The van der Waals surface area contributed by atoms with Gasteiger partial charge in [0.2, 0.25) is 0 Å². The number of nitrogens with one attached hydrogen (secondary N) is 2. The van der Waals surface area contributed by atoms with Gasteiger partial charge in [-0.3, -0.25) is 9.59 Å². The fraction of sp³-hybridized carbons (Fsp3) is 0.143. The van der Waals surface area contributed by atoms with Crippen molar-refractivity contribution in [1.29, 1.82) is 0 Å². The fourth-order valence-electron chi connectivity index (χ4n) is 0.740. The number of primary amides is 1. The van der Waals surface area contributed by atoms with E-state index >= 15 is 0 Å². The van der Waals surface area contributed by atoms with Crippen LogP contribution in [0.1, 0.15) is 5.69 Å². The van der Waals surface area contributed by atoms with Crippen molar-refractivity contribution in [2.24, 2.45) is 5.73 Å². The molecular weight excluding hydrogens is 158 g/mol. The molecule has 0 bridgehead atoms. The summed E-state index contributed by atoms with van der Waals surface area (Å²) in [6.45, 7) is 0.286. The monoisotopic (exact) mass is 167 g/mol. The van der Waals surface area contributed by atoms with E-state index < -0.39 is 11.8 Å². The Morgan fingerprint density at radius 1 is 1.58 bits per heavy atom. The molecule has 1 heterocycles. The summed E-state index contributed by atoms with van der Waals surface area (Å²) >= 11 is 0. The topological polar surface area (TPSA) is 88.0 Å². The maximum absolute atomic E-state index is 10.6. The summed E-state index contributed by atoms with van der Waals surface area (Å²) in [7, 11) is 0. The molecule has 0 radical (unpaired) electrons. The van der Waals surface area contributed by atoms with E-state index in [0.717, 1.165) is 5.69 Å². The first-order chi connectivity index (χ1) is 5.70. The van der Waals surface area contributed by atoms with Gasteiger partial charge in [-0.1, -0.05) is 0 Å². The summed E-state index contributed by atoms with van der Waals surface area (Å²) in [5.74, 6) is -1.74. The maximum atomic E-state index is 10.6. The van der Waals surface area contributed by atoms with Crippen LogP contribution in [-0.2, 0) is 16.1 Å². The number of nitrogens with two attached hydrogens (primary N) is 1. The highest BCUT2D eigenvalue weighted by atomic mass is 16.2. The molecular formula is C7H9N3O2.